The van der Waals surface area contributed by atoms with Crippen molar-refractivity contribution in [3.63, 3.8) is 0 Å². The third-order valence-electron chi connectivity index (χ3n) is 6.22. The van der Waals surface area contributed by atoms with E-state index in [4.69, 9.17) is 0 Å². The standard InChI is InChI=1S/C25H23N5O5S/c31-23-12-11-19(17-28(23)16-18-7-3-1-4-8-18)27-24-21-13-14-29(25(21)26-15-22(24)30(32)33)36(34,35)20-9-5-2-6-10-20/h1-10,13-15,19H,11-12,16-17H2,(H,26,27). The zero-order valence-corrected chi connectivity index (χ0v) is 20.0. The second-order valence-corrected chi connectivity index (χ2v) is 10.4. The molecule has 36 heavy (non-hydrogen) atoms. The Labute approximate surface area is 207 Å². The number of carbonyl (C=O) groups excluding carboxylic acids is 1. The van der Waals surface area contributed by atoms with E-state index in [1.165, 1.54) is 24.4 Å². The summed E-state index contributed by atoms with van der Waals surface area (Å²) >= 11 is 0. The van der Waals surface area contributed by atoms with E-state index in [2.05, 4.69) is 10.3 Å². The van der Waals surface area contributed by atoms with Crippen LogP contribution in [-0.4, -0.2) is 45.7 Å². The van der Waals surface area contributed by atoms with Crippen LogP contribution in [0.5, 0.6) is 0 Å². The third kappa shape index (κ3) is 4.40. The topological polar surface area (TPSA) is 127 Å². The molecule has 2 aromatic heterocycles. The Morgan fingerprint density at radius 3 is 2.44 bits per heavy atom. The highest BCUT2D eigenvalue weighted by molar-refractivity contribution is 7.90. The van der Waals surface area contributed by atoms with E-state index < -0.39 is 14.9 Å². The fourth-order valence-corrected chi connectivity index (χ4v) is 5.76. The number of pyridine rings is 1. The smallest absolute Gasteiger partial charge is 0.311 e. The van der Waals surface area contributed by atoms with Gasteiger partial charge >= 0.3 is 5.69 Å². The van der Waals surface area contributed by atoms with Gasteiger partial charge < -0.3 is 10.2 Å². The van der Waals surface area contributed by atoms with E-state index >= 15 is 0 Å². The lowest BCUT2D eigenvalue weighted by Crippen LogP contribution is -2.45. The van der Waals surface area contributed by atoms with Gasteiger partial charge in [-0.3, -0.25) is 14.9 Å². The lowest BCUT2D eigenvalue weighted by molar-refractivity contribution is -0.384. The lowest BCUT2D eigenvalue weighted by Gasteiger charge is -2.33. The maximum Gasteiger partial charge on any atom is 0.311 e. The number of anilines is 1. The van der Waals surface area contributed by atoms with Gasteiger partial charge in [0.25, 0.3) is 10.0 Å². The van der Waals surface area contributed by atoms with Crippen LogP contribution in [0.1, 0.15) is 18.4 Å². The van der Waals surface area contributed by atoms with Gasteiger partial charge in [0.15, 0.2) is 5.65 Å². The second-order valence-electron chi connectivity index (χ2n) is 8.58. The zero-order chi connectivity index (χ0) is 25.3. The third-order valence-corrected chi connectivity index (χ3v) is 7.90. The summed E-state index contributed by atoms with van der Waals surface area (Å²) < 4.78 is 27.4. The summed E-state index contributed by atoms with van der Waals surface area (Å²) in [5.74, 6) is 0.0198. The first-order chi connectivity index (χ1) is 17.3. The molecule has 1 N–H and O–H groups in total. The molecular formula is C25H23N5O5S. The number of fused-ring (bicyclic) bond motifs is 1. The Kier molecular flexibility index (Phi) is 6.15. The number of nitro groups is 1. The molecule has 1 atom stereocenters. The summed E-state index contributed by atoms with van der Waals surface area (Å²) in [5, 5.41) is 15.4. The molecule has 1 saturated heterocycles. The monoisotopic (exact) mass is 505 g/mol. The highest BCUT2D eigenvalue weighted by Crippen LogP contribution is 2.35. The van der Waals surface area contributed by atoms with Crippen LogP contribution in [0.15, 0.2) is 84.0 Å². The molecule has 2 aromatic carbocycles. The number of nitrogens with one attached hydrogen (secondary N) is 1. The van der Waals surface area contributed by atoms with E-state index in [1.54, 1.807) is 23.1 Å². The summed E-state index contributed by atoms with van der Waals surface area (Å²) in [6, 6.07) is 18.8. The van der Waals surface area contributed by atoms with Gasteiger partial charge in [-0.25, -0.2) is 17.4 Å². The van der Waals surface area contributed by atoms with Crippen LogP contribution in [0.3, 0.4) is 0 Å². The van der Waals surface area contributed by atoms with E-state index in [1.807, 2.05) is 30.3 Å². The average molecular weight is 506 g/mol. The number of likely N-dealkylation sites (tertiary alicyclic amines) is 1. The van der Waals surface area contributed by atoms with Gasteiger partial charge in [-0.2, -0.15) is 0 Å². The van der Waals surface area contributed by atoms with Crippen LogP contribution in [0, 0.1) is 10.1 Å². The summed E-state index contributed by atoms with van der Waals surface area (Å²) in [4.78, 5) is 29.8. The molecule has 11 heteroatoms. The first-order valence-corrected chi connectivity index (χ1v) is 12.8. The maximum atomic E-state index is 13.2. The van der Waals surface area contributed by atoms with E-state index in [9.17, 15) is 23.3 Å². The minimum atomic E-state index is -3.95. The van der Waals surface area contributed by atoms with Gasteiger partial charge in [0.1, 0.15) is 11.9 Å². The number of hydrogen-bond acceptors (Lipinski definition) is 7. The molecule has 0 aliphatic carbocycles. The molecule has 1 fully saturated rings. The molecule has 1 aliphatic rings. The summed E-state index contributed by atoms with van der Waals surface area (Å²) in [7, 11) is -3.95. The fraction of sp³-hybridized carbons (Fsp3) is 0.200. The Bertz CT molecular complexity index is 1540. The molecule has 0 saturated carbocycles. The van der Waals surface area contributed by atoms with Crippen LogP contribution in [0.4, 0.5) is 11.4 Å². The number of benzene rings is 2. The summed E-state index contributed by atoms with van der Waals surface area (Å²) in [5.41, 5.74) is 1.00. The minimum absolute atomic E-state index is 0.0198. The normalized spacial score (nSPS) is 16.3. The van der Waals surface area contributed by atoms with Crippen LogP contribution in [-0.2, 0) is 21.4 Å². The largest absolute Gasteiger partial charge is 0.374 e. The molecule has 0 radical (unpaired) electrons. The van der Waals surface area contributed by atoms with Gasteiger partial charge in [0.2, 0.25) is 5.91 Å². The Morgan fingerprint density at radius 2 is 1.75 bits per heavy atom. The number of amides is 1. The predicted octanol–water partition coefficient (Wildman–Crippen LogP) is 3.78. The van der Waals surface area contributed by atoms with Gasteiger partial charge in [-0.05, 0) is 30.2 Å². The van der Waals surface area contributed by atoms with Crippen molar-refractivity contribution >= 4 is 38.3 Å². The van der Waals surface area contributed by atoms with Crippen molar-refractivity contribution in [2.75, 3.05) is 11.9 Å². The Balaban J connectivity index is 1.49. The van der Waals surface area contributed by atoms with Crippen molar-refractivity contribution in [1.82, 2.24) is 13.9 Å². The quantitative estimate of drug-likeness (QED) is 0.299. The maximum absolute atomic E-state index is 13.2. The first-order valence-electron chi connectivity index (χ1n) is 11.4. The van der Waals surface area contributed by atoms with Crippen LogP contribution < -0.4 is 5.32 Å². The first kappa shape index (κ1) is 23.5. The number of hydrogen-bond donors (Lipinski definition) is 1. The highest BCUT2D eigenvalue weighted by Gasteiger charge is 2.30. The molecule has 10 nitrogen and oxygen atoms in total. The van der Waals surface area contributed by atoms with Crippen molar-refractivity contribution in [2.45, 2.75) is 30.3 Å². The van der Waals surface area contributed by atoms with Gasteiger partial charge in [0.05, 0.1) is 15.2 Å². The second kappa shape index (κ2) is 9.42. The van der Waals surface area contributed by atoms with Gasteiger partial charge in [-0.15, -0.1) is 0 Å². The van der Waals surface area contributed by atoms with Crippen LogP contribution in [0.25, 0.3) is 11.0 Å². The molecule has 4 aromatic rings. The number of nitrogens with zero attached hydrogens (tertiary/aromatic N) is 4. The summed E-state index contributed by atoms with van der Waals surface area (Å²) in [6.45, 7) is 0.801. The number of aromatic nitrogens is 2. The lowest BCUT2D eigenvalue weighted by atomic mass is 10.0. The van der Waals surface area contributed by atoms with Crippen molar-refractivity contribution < 1.29 is 18.1 Å². The van der Waals surface area contributed by atoms with Crippen molar-refractivity contribution in [3.05, 3.63) is 94.8 Å². The molecular weight excluding hydrogens is 482 g/mol. The molecule has 1 amide bonds. The zero-order valence-electron chi connectivity index (χ0n) is 19.1. The van der Waals surface area contributed by atoms with Crippen LogP contribution >= 0.6 is 0 Å². The van der Waals surface area contributed by atoms with Crippen LogP contribution in [0.2, 0.25) is 0 Å². The number of carbonyl (C=O) groups is 1. The molecule has 5 rings (SSSR count). The van der Waals surface area contributed by atoms with Gasteiger partial charge in [0, 0.05) is 31.7 Å². The Morgan fingerprint density at radius 1 is 1.06 bits per heavy atom. The average Bonchev–Trinajstić information content (AvgIpc) is 3.33. The molecule has 184 valence electrons. The minimum Gasteiger partial charge on any atom is -0.374 e. The Hall–Kier alpha value is -4.25. The molecule has 1 aliphatic heterocycles. The van der Waals surface area contributed by atoms with E-state index in [0.717, 1.165) is 15.7 Å². The van der Waals surface area contributed by atoms with Crippen molar-refractivity contribution in [3.8, 4) is 0 Å². The highest BCUT2D eigenvalue weighted by atomic mass is 32.2. The van der Waals surface area contributed by atoms with E-state index in [-0.39, 0.29) is 33.9 Å². The molecule has 1 unspecified atom stereocenters. The predicted molar refractivity (Wildman–Crippen MR) is 134 cm³/mol. The van der Waals surface area contributed by atoms with Crippen molar-refractivity contribution in [1.29, 1.82) is 0 Å². The SMILES string of the molecule is O=C1CCC(Nc2c([N+](=O)[O-])cnc3c2ccn3S(=O)(=O)c2ccccc2)CN1Cc1ccccc1. The fourth-order valence-electron chi connectivity index (χ4n) is 4.44. The van der Waals surface area contributed by atoms with E-state index in [0.29, 0.717) is 31.3 Å². The van der Waals surface area contributed by atoms with Gasteiger partial charge in [-0.1, -0.05) is 48.5 Å². The molecule has 0 bridgehead atoms. The molecule has 3 heterocycles. The number of rotatable bonds is 7. The molecule has 0 spiro atoms. The van der Waals surface area contributed by atoms with Crippen molar-refractivity contribution in [2.24, 2.45) is 0 Å². The number of piperidine rings is 1. The summed E-state index contributed by atoms with van der Waals surface area (Å²) in [6.07, 6.45) is 3.21.